The van der Waals surface area contributed by atoms with Gasteiger partial charge in [-0.15, -0.1) is 0 Å². The molecule has 0 aromatic heterocycles. The first-order valence-corrected chi connectivity index (χ1v) is 18.3. The summed E-state index contributed by atoms with van der Waals surface area (Å²) in [5, 5.41) is 10.2. The zero-order chi connectivity index (χ0) is 35.1. The van der Waals surface area contributed by atoms with Crippen LogP contribution in [0.5, 0.6) is 0 Å². The summed E-state index contributed by atoms with van der Waals surface area (Å²) in [4.78, 5) is 2.36. The van der Waals surface area contributed by atoms with Crippen molar-refractivity contribution in [2.24, 2.45) is 0 Å². The number of benzene rings is 10. The lowest BCUT2D eigenvalue weighted by Gasteiger charge is -2.26. The van der Waals surface area contributed by atoms with Crippen LogP contribution in [0.2, 0.25) is 0 Å². The molecule has 0 bridgehead atoms. The summed E-state index contributed by atoms with van der Waals surface area (Å²) >= 11 is 0. The second kappa shape index (κ2) is 13.0. The van der Waals surface area contributed by atoms with Crippen molar-refractivity contribution in [3.05, 3.63) is 212 Å². The van der Waals surface area contributed by atoms with Crippen LogP contribution in [0.25, 0.3) is 76.5 Å². The van der Waals surface area contributed by atoms with Gasteiger partial charge in [0.15, 0.2) is 0 Å². The highest BCUT2D eigenvalue weighted by atomic mass is 15.1. The minimum Gasteiger partial charge on any atom is -0.310 e. The Hall–Kier alpha value is -6.96. The topological polar surface area (TPSA) is 3.24 Å². The molecule has 1 heteroatoms. The molecule has 0 aliphatic heterocycles. The van der Waals surface area contributed by atoms with Gasteiger partial charge in [0.1, 0.15) is 0 Å². The molecule has 0 spiro atoms. The number of hydrogen-bond donors (Lipinski definition) is 0. The highest BCUT2D eigenvalue weighted by Gasteiger charge is 2.15. The standard InChI is InChI=1S/C52H35N/c1-2-10-36(11-3-1)42-15-8-16-46(35-42)53(44-27-22-38(23-28-44)43-21-20-37-12-4-5-14-41(37)34-43)45-29-24-40(25-30-45)48-18-9-19-49-50(48)32-33-51-47-17-7-6-13-39(47)26-31-52(49)51/h1-35H. The van der Waals surface area contributed by atoms with Crippen molar-refractivity contribution in [3.63, 3.8) is 0 Å². The van der Waals surface area contributed by atoms with Gasteiger partial charge in [-0.25, -0.2) is 0 Å². The fourth-order valence-corrected chi connectivity index (χ4v) is 7.97. The van der Waals surface area contributed by atoms with E-state index in [9.17, 15) is 0 Å². The molecule has 10 rings (SSSR count). The molecule has 0 aliphatic rings. The molecule has 10 aromatic rings. The maximum Gasteiger partial charge on any atom is 0.0467 e. The van der Waals surface area contributed by atoms with Crippen LogP contribution >= 0.6 is 0 Å². The fraction of sp³-hybridized carbons (Fsp3) is 0. The van der Waals surface area contributed by atoms with Crippen LogP contribution in [-0.2, 0) is 0 Å². The number of anilines is 3. The predicted octanol–water partition coefficient (Wildman–Crippen LogP) is 14.8. The lowest BCUT2D eigenvalue weighted by atomic mass is 9.92. The normalized spacial score (nSPS) is 11.4. The monoisotopic (exact) mass is 673 g/mol. The Kier molecular flexibility index (Phi) is 7.55. The van der Waals surface area contributed by atoms with Crippen LogP contribution in [0.4, 0.5) is 17.1 Å². The maximum atomic E-state index is 2.36. The van der Waals surface area contributed by atoms with E-state index in [2.05, 4.69) is 217 Å². The summed E-state index contributed by atoms with van der Waals surface area (Å²) < 4.78 is 0. The maximum absolute atomic E-state index is 2.36. The Bertz CT molecular complexity index is 2920. The van der Waals surface area contributed by atoms with Crippen LogP contribution in [0.1, 0.15) is 0 Å². The molecule has 10 aromatic carbocycles. The van der Waals surface area contributed by atoms with Crippen molar-refractivity contribution in [1.82, 2.24) is 0 Å². The van der Waals surface area contributed by atoms with Crippen molar-refractivity contribution < 1.29 is 0 Å². The van der Waals surface area contributed by atoms with Crippen molar-refractivity contribution >= 4 is 60.2 Å². The van der Waals surface area contributed by atoms with Gasteiger partial charge in [0.2, 0.25) is 0 Å². The molecule has 0 saturated heterocycles. The average Bonchev–Trinajstić information content (AvgIpc) is 3.24. The summed E-state index contributed by atoms with van der Waals surface area (Å²) in [6, 6.07) is 77.2. The van der Waals surface area contributed by atoms with Crippen molar-refractivity contribution in [3.8, 4) is 33.4 Å². The summed E-state index contributed by atoms with van der Waals surface area (Å²) in [6.07, 6.45) is 0. The molecule has 53 heavy (non-hydrogen) atoms. The van der Waals surface area contributed by atoms with Crippen molar-refractivity contribution in [2.45, 2.75) is 0 Å². The summed E-state index contributed by atoms with van der Waals surface area (Å²) in [7, 11) is 0. The predicted molar refractivity (Wildman–Crippen MR) is 227 cm³/mol. The van der Waals surface area contributed by atoms with Crippen molar-refractivity contribution in [1.29, 1.82) is 0 Å². The van der Waals surface area contributed by atoms with Gasteiger partial charge in [-0.3, -0.25) is 0 Å². The SMILES string of the molecule is c1ccc(-c2cccc(N(c3ccc(-c4ccc5ccccc5c4)cc3)c3ccc(-c4cccc5c4ccc4c6ccccc6ccc54)cc3)c2)cc1. The Balaban J connectivity index is 1.06. The minimum absolute atomic E-state index is 1.11. The largest absolute Gasteiger partial charge is 0.310 e. The third-order valence-electron chi connectivity index (χ3n) is 10.6. The second-order valence-corrected chi connectivity index (χ2v) is 13.8. The lowest BCUT2D eigenvalue weighted by Crippen LogP contribution is -2.10. The first kappa shape index (κ1) is 30.8. The Morgan fingerprint density at radius 3 is 1.55 bits per heavy atom. The van der Waals surface area contributed by atoms with Gasteiger partial charge in [0.25, 0.3) is 0 Å². The van der Waals surface area contributed by atoms with Gasteiger partial charge >= 0.3 is 0 Å². The van der Waals surface area contributed by atoms with E-state index in [1.165, 1.54) is 76.5 Å². The Morgan fingerprint density at radius 1 is 0.226 bits per heavy atom. The zero-order valence-electron chi connectivity index (χ0n) is 29.2. The first-order valence-electron chi connectivity index (χ1n) is 18.3. The molecule has 0 radical (unpaired) electrons. The molecule has 0 amide bonds. The van der Waals surface area contributed by atoms with Crippen LogP contribution in [0.3, 0.4) is 0 Å². The Morgan fingerprint density at radius 2 is 0.736 bits per heavy atom. The van der Waals surface area contributed by atoms with E-state index in [0.29, 0.717) is 0 Å². The molecule has 0 aliphatic carbocycles. The Labute approximate surface area is 309 Å². The molecule has 0 atom stereocenters. The van der Waals surface area contributed by atoms with Gasteiger partial charge in [-0.1, -0.05) is 170 Å². The van der Waals surface area contributed by atoms with E-state index in [1.54, 1.807) is 0 Å². The van der Waals surface area contributed by atoms with Crippen molar-refractivity contribution in [2.75, 3.05) is 4.90 Å². The summed E-state index contributed by atoms with van der Waals surface area (Å²) in [5.74, 6) is 0. The van der Waals surface area contributed by atoms with E-state index < -0.39 is 0 Å². The molecule has 0 fully saturated rings. The zero-order valence-corrected chi connectivity index (χ0v) is 29.2. The van der Waals surface area contributed by atoms with Crippen LogP contribution in [0, 0.1) is 0 Å². The lowest BCUT2D eigenvalue weighted by molar-refractivity contribution is 1.28. The van der Waals surface area contributed by atoms with Crippen LogP contribution < -0.4 is 4.90 Å². The third kappa shape index (κ3) is 5.60. The number of rotatable bonds is 6. The van der Waals surface area contributed by atoms with Gasteiger partial charge in [-0.05, 0) is 119 Å². The van der Waals surface area contributed by atoms with Crippen LogP contribution in [-0.4, -0.2) is 0 Å². The second-order valence-electron chi connectivity index (χ2n) is 13.8. The quantitative estimate of drug-likeness (QED) is 0.159. The average molecular weight is 674 g/mol. The molecular weight excluding hydrogens is 639 g/mol. The highest BCUT2D eigenvalue weighted by Crippen LogP contribution is 2.40. The smallest absolute Gasteiger partial charge is 0.0467 e. The molecule has 1 nitrogen and oxygen atoms in total. The van der Waals surface area contributed by atoms with E-state index >= 15 is 0 Å². The highest BCUT2D eigenvalue weighted by molar-refractivity contribution is 6.19. The van der Waals surface area contributed by atoms with Gasteiger partial charge in [0.05, 0.1) is 0 Å². The van der Waals surface area contributed by atoms with E-state index in [-0.39, 0.29) is 0 Å². The van der Waals surface area contributed by atoms with Gasteiger partial charge in [0, 0.05) is 17.1 Å². The summed E-state index contributed by atoms with van der Waals surface area (Å²) in [5.41, 5.74) is 10.6. The molecule has 0 heterocycles. The number of hydrogen-bond acceptors (Lipinski definition) is 1. The molecular formula is C52H35N. The van der Waals surface area contributed by atoms with E-state index in [0.717, 1.165) is 17.1 Å². The molecule has 248 valence electrons. The number of fused-ring (bicyclic) bond motifs is 6. The van der Waals surface area contributed by atoms with Gasteiger partial charge < -0.3 is 4.90 Å². The minimum atomic E-state index is 1.11. The van der Waals surface area contributed by atoms with Crippen LogP contribution in [0.15, 0.2) is 212 Å². The van der Waals surface area contributed by atoms with E-state index in [4.69, 9.17) is 0 Å². The summed E-state index contributed by atoms with van der Waals surface area (Å²) in [6.45, 7) is 0. The van der Waals surface area contributed by atoms with Gasteiger partial charge in [-0.2, -0.15) is 0 Å². The molecule has 0 saturated carbocycles. The molecule has 0 unspecified atom stereocenters. The van der Waals surface area contributed by atoms with E-state index in [1.807, 2.05) is 0 Å². The third-order valence-corrected chi connectivity index (χ3v) is 10.6. The fourth-order valence-electron chi connectivity index (χ4n) is 7.97. The first-order chi connectivity index (χ1) is 26.3. The number of nitrogens with zero attached hydrogens (tertiary/aromatic N) is 1. The molecule has 0 N–H and O–H groups in total.